The zero-order chi connectivity index (χ0) is 16.2. The van der Waals surface area contributed by atoms with E-state index in [1.807, 2.05) is 12.1 Å². The normalized spacial score (nSPS) is 9.82. The van der Waals surface area contributed by atoms with Crippen LogP contribution in [0.25, 0.3) is 0 Å². The fraction of sp³-hybridized carbons (Fsp3) is 0.375. The van der Waals surface area contributed by atoms with Gasteiger partial charge in [0.1, 0.15) is 0 Å². The molecule has 0 unspecified atom stereocenters. The first-order chi connectivity index (χ1) is 10.6. The van der Waals surface area contributed by atoms with Gasteiger partial charge in [0.2, 0.25) is 5.78 Å². The lowest BCUT2D eigenvalue weighted by molar-refractivity contribution is -0.138. The Balaban J connectivity index is 2.10. The Morgan fingerprint density at radius 1 is 1.23 bits per heavy atom. The number of rotatable bonds is 10. The van der Waals surface area contributed by atoms with Crippen molar-refractivity contribution in [3.63, 3.8) is 0 Å². The van der Waals surface area contributed by atoms with Crippen LogP contribution in [0.2, 0.25) is 0 Å². The van der Waals surface area contributed by atoms with Gasteiger partial charge in [0.05, 0.1) is 6.61 Å². The maximum absolute atomic E-state index is 11.7. The third-order valence-electron chi connectivity index (χ3n) is 2.91. The fourth-order valence-corrected chi connectivity index (χ4v) is 1.68. The zero-order valence-electron chi connectivity index (χ0n) is 12.4. The molecule has 0 saturated heterocycles. The molecule has 6 nitrogen and oxygen atoms in total. The minimum atomic E-state index is -0.572. The highest BCUT2D eigenvalue weighted by Crippen LogP contribution is 2.01. The monoisotopic (exact) mass is 304 g/mol. The van der Waals surface area contributed by atoms with E-state index in [-0.39, 0.29) is 13.0 Å². The lowest BCUT2D eigenvalue weighted by Crippen LogP contribution is -2.32. The summed E-state index contributed by atoms with van der Waals surface area (Å²) in [4.78, 5) is 37.9. The number of esters is 1. The van der Waals surface area contributed by atoms with E-state index >= 15 is 0 Å². The molecule has 0 radical (unpaired) electrons. The second kappa shape index (κ2) is 10.3. The van der Waals surface area contributed by atoms with Crippen LogP contribution in [0.4, 0.5) is 0 Å². The molecule has 0 aliphatic carbocycles. The number of aryl methyl sites for hydroxylation is 1. The number of pyridine rings is 1. The summed E-state index contributed by atoms with van der Waals surface area (Å²) in [7, 11) is 0. The van der Waals surface area contributed by atoms with Crippen LogP contribution in [-0.4, -0.2) is 35.8 Å². The molecule has 6 heteroatoms. The lowest BCUT2D eigenvalue weighted by Gasteiger charge is -2.05. The van der Waals surface area contributed by atoms with Crippen molar-refractivity contribution in [3.8, 4) is 0 Å². The van der Waals surface area contributed by atoms with Crippen LogP contribution in [0.5, 0.6) is 0 Å². The van der Waals surface area contributed by atoms with Gasteiger partial charge in [0.15, 0.2) is 0 Å². The van der Waals surface area contributed by atoms with E-state index in [0.29, 0.717) is 25.8 Å². The van der Waals surface area contributed by atoms with Crippen molar-refractivity contribution in [1.29, 1.82) is 0 Å². The van der Waals surface area contributed by atoms with Gasteiger partial charge in [0.25, 0.3) is 5.91 Å². The first kappa shape index (κ1) is 17.6. The molecule has 1 aromatic heterocycles. The number of nitrogens with one attached hydrogen (secondary N) is 1. The van der Waals surface area contributed by atoms with Crippen LogP contribution in [-0.2, 0) is 25.5 Å². The average Bonchev–Trinajstić information content (AvgIpc) is 2.56. The molecule has 0 aliphatic rings. The number of hydrogen-bond acceptors (Lipinski definition) is 5. The molecule has 0 aliphatic heterocycles. The van der Waals surface area contributed by atoms with Crippen molar-refractivity contribution in [3.05, 3.63) is 42.7 Å². The van der Waals surface area contributed by atoms with Crippen molar-refractivity contribution in [1.82, 2.24) is 10.3 Å². The van der Waals surface area contributed by atoms with E-state index in [4.69, 9.17) is 4.74 Å². The Morgan fingerprint density at radius 2 is 1.95 bits per heavy atom. The van der Waals surface area contributed by atoms with E-state index in [9.17, 15) is 14.4 Å². The van der Waals surface area contributed by atoms with Gasteiger partial charge < -0.3 is 10.1 Å². The first-order valence-corrected chi connectivity index (χ1v) is 7.12. The lowest BCUT2D eigenvalue weighted by atomic mass is 10.1. The molecule has 0 bridgehead atoms. The van der Waals surface area contributed by atoms with Crippen LogP contribution in [0.1, 0.15) is 24.8 Å². The molecule has 1 aromatic rings. The number of carbonyl (C=O) groups excluding carboxylic acids is 3. The van der Waals surface area contributed by atoms with Crippen LogP contribution in [0.15, 0.2) is 37.2 Å². The summed E-state index contributed by atoms with van der Waals surface area (Å²) in [5.74, 6) is -1.47. The van der Waals surface area contributed by atoms with Crippen LogP contribution in [0, 0.1) is 0 Å². The number of unbranched alkanes of at least 4 members (excludes halogenated alkanes) is 1. The molecule has 0 spiro atoms. The van der Waals surface area contributed by atoms with Crippen LogP contribution in [0.3, 0.4) is 0 Å². The van der Waals surface area contributed by atoms with Crippen molar-refractivity contribution in [2.75, 3.05) is 13.2 Å². The second-order valence-corrected chi connectivity index (χ2v) is 4.61. The van der Waals surface area contributed by atoms with E-state index in [2.05, 4.69) is 16.9 Å². The topological polar surface area (TPSA) is 85.4 Å². The highest BCUT2D eigenvalue weighted by molar-refractivity contribution is 6.36. The minimum Gasteiger partial charge on any atom is -0.463 e. The van der Waals surface area contributed by atoms with Gasteiger partial charge in [0, 0.05) is 31.4 Å². The molecule has 0 saturated carbocycles. The molecule has 22 heavy (non-hydrogen) atoms. The minimum absolute atomic E-state index is 0.173. The van der Waals surface area contributed by atoms with Gasteiger partial charge >= 0.3 is 5.97 Å². The van der Waals surface area contributed by atoms with E-state index in [0.717, 1.165) is 11.6 Å². The summed E-state index contributed by atoms with van der Waals surface area (Å²) in [5, 5.41) is 2.56. The SMILES string of the molecule is C=CC(=O)OCCCCNC(=O)C(=O)CCc1ccncc1. The predicted molar refractivity (Wildman–Crippen MR) is 81.0 cm³/mol. The van der Waals surface area contributed by atoms with Gasteiger partial charge in [-0.05, 0) is 37.0 Å². The van der Waals surface area contributed by atoms with Crippen molar-refractivity contribution >= 4 is 17.7 Å². The van der Waals surface area contributed by atoms with Crippen LogP contribution < -0.4 is 5.32 Å². The van der Waals surface area contributed by atoms with Gasteiger partial charge in [-0.15, -0.1) is 0 Å². The van der Waals surface area contributed by atoms with Gasteiger partial charge in [-0.2, -0.15) is 0 Å². The largest absolute Gasteiger partial charge is 0.463 e. The number of ketones is 1. The summed E-state index contributed by atoms with van der Waals surface area (Å²) in [6.07, 6.45) is 6.35. The van der Waals surface area contributed by atoms with Gasteiger partial charge in [-0.25, -0.2) is 4.79 Å². The molecular formula is C16H20N2O4. The molecule has 118 valence electrons. The fourth-order valence-electron chi connectivity index (χ4n) is 1.68. The number of hydrogen-bond donors (Lipinski definition) is 1. The quantitative estimate of drug-likeness (QED) is 0.304. The predicted octanol–water partition coefficient (Wildman–Crippen LogP) is 1.21. The number of nitrogens with zero attached hydrogens (tertiary/aromatic N) is 1. The molecule has 0 aromatic carbocycles. The van der Waals surface area contributed by atoms with Gasteiger partial charge in [-0.1, -0.05) is 6.58 Å². The summed E-state index contributed by atoms with van der Waals surface area (Å²) in [6, 6.07) is 3.63. The summed E-state index contributed by atoms with van der Waals surface area (Å²) in [5.41, 5.74) is 0.972. The van der Waals surface area contributed by atoms with E-state index in [1.165, 1.54) is 0 Å². The molecule has 1 heterocycles. The number of amides is 1. The summed E-state index contributed by atoms with van der Waals surface area (Å²) >= 11 is 0. The highest BCUT2D eigenvalue weighted by atomic mass is 16.5. The zero-order valence-corrected chi connectivity index (χ0v) is 12.4. The second-order valence-electron chi connectivity index (χ2n) is 4.61. The first-order valence-electron chi connectivity index (χ1n) is 7.12. The molecule has 1 amide bonds. The third-order valence-corrected chi connectivity index (χ3v) is 2.91. The number of aromatic nitrogens is 1. The average molecular weight is 304 g/mol. The molecule has 0 atom stereocenters. The highest BCUT2D eigenvalue weighted by Gasteiger charge is 2.12. The summed E-state index contributed by atoms with van der Waals surface area (Å²) < 4.78 is 4.79. The Labute approximate surface area is 129 Å². The number of ether oxygens (including phenoxy) is 1. The Hall–Kier alpha value is -2.50. The Kier molecular flexibility index (Phi) is 8.18. The Morgan fingerprint density at radius 3 is 2.64 bits per heavy atom. The number of Topliss-reactive ketones (excluding diaryl/α,β-unsaturated/α-hetero) is 1. The smallest absolute Gasteiger partial charge is 0.330 e. The third kappa shape index (κ3) is 7.33. The molecular weight excluding hydrogens is 284 g/mol. The Bertz CT molecular complexity index is 514. The van der Waals surface area contributed by atoms with Crippen LogP contribution >= 0.6 is 0 Å². The van der Waals surface area contributed by atoms with Crippen molar-refractivity contribution in [2.24, 2.45) is 0 Å². The molecule has 0 fully saturated rings. The number of carbonyl (C=O) groups is 3. The maximum Gasteiger partial charge on any atom is 0.330 e. The standard InChI is InChI=1S/C16H20N2O4/c1-2-15(20)22-12-4-3-9-18-16(21)14(19)6-5-13-7-10-17-11-8-13/h2,7-8,10-11H,1,3-6,9,12H2,(H,18,21). The van der Waals surface area contributed by atoms with Gasteiger partial charge in [-0.3, -0.25) is 14.6 Å². The van der Waals surface area contributed by atoms with Crippen molar-refractivity contribution < 1.29 is 19.1 Å². The van der Waals surface area contributed by atoms with Crippen molar-refractivity contribution in [2.45, 2.75) is 25.7 Å². The molecule has 1 rings (SSSR count). The van der Waals surface area contributed by atoms with E-state index < -0.39 is 17.7 Å². The molecule has 1 N–H and O–H groups in total. The summed E-state index contributed by atoms with van der Waals surface area (Å²) in [6.45, 7) is 3.94. The van der Waals surface area contributed by atoms with E-state index in [1.54, 1.807) is 12.4 Å². The maximum atomic E-state index is 11.7.